The fourth-order valence-corrected chi connectivity index (χ4v) is 6.36. The third-order valence-corrected chi connectivity index (χ3v) is 8.37. The number of halogens is 2. The lowest BCUT2D eigenvalue weighted by atomic mass is 9.92. The van der Waals surface area contributed by atoms with Gasteiger partial charge in [-0.1, -0.05) is 24.3 Å². The van der Waals surface area contributed by atoms with Crippen LogP contribution in [0.4, 0.5) is 0 Å². The van der Waals surface area contributed by atoms with E-state index >= 15 is 0 Å². The molecule has 0 saturated heterocycles. The second kappa shape index (κ2) is 10.9. The maximum Gasteiger partial charge on any atom is 0.275 e. The van der Waals surface area contributed by atoms with Crippen LogP contribution in [0, 0.1) is 0 Å². The molecule has 37 heavy (non-hydrogen) atoms. The van der Waals surface area contributed by atoms with Crippen LogP contribution >= 0.6 is 0 Å². The fraction of sp³-hybridized carbons (Fsp3) is 0.400. The van der Waals surface area contributed by atoms with Crippen LogP contribution in [-0.2, 0) is 0 Å². The second-order valence-corrected chi connectivity index (χ2v) is 10.6. The fourth-order valence-electron chi connectivity index (χ4n) is 6.36. The topological polar surface area (TPSA) is 65.1 Å². The molecule has 5 nitrogen and oxygen atoms in total. The predicted molar refractivity (Wildman–Crippen MR) is 138 cm³/mol. The average Bonchev–Trinajstić information content (AvgIpc) is 3.67. The molecule has 4 N–H and O–H groups in total. The van der Waals surface area contributed by atoms with E-state index in [9.17, 15) is 0 Å². The molecule has 7 heteroatoms. The standard InChI is InChI=1S/C30H32N4O.2ClH/c1-2-6-24-23(5-1)31-29(32-24)21-13-9-19(10-14-21)27-17-18-28(35-27)20-11-15-22(16-12-20)30-33-25-7-3-4-8-26(25)34-30;;/h9-18,23-26H,1-8H2,(H,31,32)(H,33,34);2*1H. The lowest BCUT2D eigenvalue weighted by Crippen LogP contribution is -3.00. The van der Waals surface area contributed by atoms with Crippen molar-refractivity contribution >= 4 is 11.7 Å². The lowest BCUT2D eigenvalue weighted by molar-refractivity contribution is -0.498. The van der Waals surface area contributed by atoms with Crippen LogP contribution in [0.15, 0.2) is 65.1 Å². The van der Waals surface area contributed by atoms with Gasteiger partial charge >= 0.3 is 0 Å². The molecule has 0 amide bonds. The Morgan fingerprint density at radius 2 is 0.892 bits per heavy atom. The Morgan fingerprint density at radius 3 is 1.30 bits per heavy atom. The van der Waals surface area contributed by atoms with E-state index in [2.05, 4.69) is 81.3 Å². The normalized spacial score (nSPS) is 25.8. The molecular weight excluding hydrogens is 503 g/mol. The van der Waals surface area contributed by atoms with Crippen molar-refractivity contribution in [2.45, 2.75) is 75.5 Å². The highest BCUT2D eigenvalue weighted by molar-refractivity contribution is 5.96. The van der Waals surface area contributed by atoms with E-state index in [1.165, 1.54) is 74.2 Å². The molecule has 1 aromatic heterocycles. The van der Waals surface area contributed by atoms with Crippen molar-refractivity contribution in [3.8, 4) is 22.6 Å². The predicted octanol–water partition coefficient (Wildman–Crippen LogP) is -3.90. The Labute approximate surface area is 231 Å². The monoisotopic (exact) mass is 536 g/mol. The van der Waals surface area contributed by atoms with Gasteiger partial charge in [0.1, 0.15) is 35.7 Å². The number of hydrogen-bond acceptors (Lipinski definition) is 3. The van der Waals surface area contributed by atoms with E-state index in [-0.39, 0.29) is 24.8 Å². The van der Waals surface area contributed by atoms with Gasteiger partial charge in [0.05, 0.1) is 11.1 Å². The molecule has 2 aliphatic heterocycles. The van der Waals surface area contributed by atoms with Crippen molar-refractivity contribution in [2.24, 2.45) is 0 Å². The molecule has 4 atom stereocenters. The van der Waals surface area contributed by atoms with E-state index in [0.29, 0.717) is 24.2 Å². The zero-order valence-electron chi connectivity index (χ0n) is 20.9. The summed E-state index contributed by atoms with van der Waals surface area (Å²) in [5, 5.41) is 7.41. The van der Waals surface area contributed by atoms with Crippen molar-refractivity contribution in [3.05, 3.63) is 71.8 Å². The molecule has 0 spiro atoms. The van der Waals surface area contributed by atoms with Crippen LogP contribution < -0.4 is 45.4 Å². The zero-order chi connectivity index (χ0) is 23.2. The van der Waals surface area contributed by atoms with Gasteiger partial charge in [-0.3, -0.25) is 20.6 Å². The first kappa shape index (κ1) is 25.9. The van der Waals surface area contributed by atoms with Gasteiger partial charge in [-0.2, -0.15) is 0 Å². The van der Waals surface area contributed by atoms with E-state index < -0.39 is 0 Å². The van der Waals surface area contributed by atoms with Crippen molar-refractivity contribution in [1.82, 2.24) is 10.6 Å². The molecule has 2 aliphatic carbocycles. The molecular formula is C30H34Cl2N4O. The Balaban J connectivity index is 0.00000140. The van der Waals surface area contributed by atoms with Crippen molar-refractivity contribution in [2.75, 3.05) is 0 Å². The van der Waals surface area contributed by atoms with E-state index in [1.54, 1.807) is 0 Å². The summed E-state index contributed by atoms with van der Waals surface area (Å²) in [5.41, 5.74) is 4.64. The Morgan fingerprint density at radius 1 is 0.514 bits per heavy atom. The van der Waals surface area contributed by atoms with Gasteiger partial charge in [0.15, 0.2) is 0 Å². The molecule has 3 heterocycles. The highest BCUT2D eigenvalue weighted by atomic mass is 35.5. The summed E-state index contributed by atoms with van der Waals surface area (Å²) in [5.74, 6) is 4.16. The Kier molecular flexibility index (Phi) is 7.64. The van der Waals surface area contributed by atoms with E-state index in [4.69, 9.17) is 4.42 Å². The second-order valence-electron chi connectivity index (χ2n) is 10.6. The minimum atomic E-state index is 0. The quantitative estimate of drug-likeness (QED) is 0.276. The SMILES string of the molecule is [Cl-].[Cl-].c1cc(-c2ccc(-c3ccc(C4=[NH+]C5CCCCC5N4)cc3)o2)ccc1C1=[NH+]C2CCCCC2N1. The van der Waals surface area contributed by atoms with Crippen molar-refractivity contribution in [3.63, 3.8) is 0 Å². The van der Waals surface area contributed by atoms with Gasteiger partial charge in [-0.25, -0.2) is 0 Å². The number of fused-ring (bicyclic) bond motifs is 2. The summed E-state index contributed by atoms with van der Waals surface area (Å²) in [6, 6.07) is 23.9. The first-order chi connectivity index (χ1) is 17.3. The summed E-state index contributed by atoms with van der Waals surface area (Å²) in [6.45, 7) is 0. The number of nitrogens with one attached hydrogen (secondary N) is 4. The zero-order valence-corrected chi connectivity index (χ0v) is 22.4. The van der Waals surface area contributed by atoms with Gasteiger partial charge in [0.25, 0.3) is 11.7 Å². The molecule has 2 fully saturated rings. The summed E-state index contributed by atoms with van der Waals surface area (Å²) in [4.78, 5) is 7.41. The average molecular weight is 538 g/mol. The van der Waals surface area contributed by atoms with Gasteiger partial charge in [-0.05, 0) is 87.8 Å². The minimum Gasteiger partial charge on any atom is -1.00 e. The molecule has 0 bridgehead atoms. The number of furan rings is 1. The number of amidine groups is 2. The Bertz CT molecular complexity index is 1180. The summed E-state index contributed by atoms with van der Waals surface area (Å²) in [7, 11) is 0. The van der Waals surface area contributed by atoms with Gasteiger partial charge in [0.2, 0.25) is 0 Å². The lowest BCUT2D eigenvalue weighted by Gasteiger charge is -2.18. The summed E-state index contributed by atoms with van der Waals surface area (Å²) in [6.07, 6.45) is 10.4. The van der Waals surface area contributed by atoms with Gasteiger partial charge in [0, 0.05) is 11.1 Å². The molecule has 4 unspecified atom stereocenters. The maximum absolute atomic E-state index is 6.26. The summed E-state index contributed by atoms with van der Waals surface area (Å²) >= 11 is 0. The first-order valence-electron chi connectivity index (χ1n) is 13.4. The van der Waals surface area contributed by atoms with Crippen LogP contribution in [0.3, 0.4) is 0 Å². The van der Waals surface area contributed by atoms with Gasteiger partial charge < -0.3 is 29.2 Å². The number of rotatable bonds is 4. The molecule has 2 saturated carbocycles. The van der Waals surface area contributed by atoms with E-state index in [0.717, 1.165) is 22.6 Å². The van der Waals surface area contributed by atoms with Crippen LogP contribution in [0.1, 0.15) is 62.5 Å². The Hall–Kier alpha value is -2.76. The minimum absolute atomic E-state index is 0. The molecule has 7 rings (SSSR count). The van der Waals surface area contributed by atoms with E-state index in [1.807, 2.05) is 0 Å². The smallest absolute Gasteiger partial charge is 0.275 e. The molecule has 4 aliphatic rings. The molecule has 194 valence electrons. The molecule has 3 aromatic rings. The third kappa shape index (κ3) is 5.04. The summed E-state index contributed by atoms with van der Waals surface area (Å²) < 4.78 is 6.26. The van der Waals surface area contributed by atoms with Crippen LogP contribution in [0.2, 0.25) is 0 Å². The van der Waals surface area contributed by atoms with Crippen LogP contribution in [0.5, 0.6) is 0 Å². The highest BCUT2D eigenvalue weighted by Crippen LogP contribution is 2.29. The largest absolute Gasteiger partial charge is 1.00 e. The van der Waals surface area contributed by atoms with Gasteiger partial charge in [-0.15, -0.1) is 0 Å². The molecule has 0 radical (unpaired) electrons. The maximum atomic E-state index is 6.26. The van der Waals surface area contributed by atoms with Crippen LogP contribution in [-0.4, -0.2) is 35.8 Å². The van der Waals surface area contributed by atoms with Crippen LogP contribution in [0.25, 0.3) is 22.6 Å². The van der Waals surface area contributed by atoms with Crippen molar-refractivity contribution in [1.29, 1.82) is 0 Å². The highest BCUT2D eigenvalue weighted by Gasteiger charge is 2.38. The molecule has 2 aromatic carbocycles. The van der Waals surface area contributed by atoms with Crippen molar-refractivity contribution < 1.29 is 39.2 Å². The number of hydrogen-bond donors (Lipinski definition) is 4. The first-order valence-corrected chi connectivity index (χ1v) is 13.4. The third-order valence-electron chi connectivity index (χ3n) is 8.37. The number of benzene rings is 2.